The van der Waals surface area contributed by atoms with Gasteiger partial charge in [-0.25, -0.2) is 22.2 Å². The van der Waals surface area contributed by atoms with Gasteiger partial charge in [0.25, 0.3) is 10.0 Å². The molecule has 0 radical (unpaired) electrons. The Hall–Kier alpha value is -4.90. The van der Waals surface area contributed by atoms with Crippen LogP contribution in [0.3, 0.4) is 0 Å². The molecule has 2 aromatic heterocycles. The molecule has 0 bridgehead atoms. The summed E-state index contributed by atoms with van der Waals surface area (Å²) >= 11 is 0. The average Bonchev–Trinajstić information content (AvgIpc) is 3.54. The maximum absolute atomic E-state index is 14.8. The van der Waals surface area contributed by atoms with E-state index in [0.717, 1.165) is 23.2 Å². The minimum atomic E-state index is -3.93. The van der Waals surface area contributed by atoms with Gasteiger partial charge in [0.05, 0.1) is 27.8 Å². The van der Waals surface area contributed by atoms with Crippen LogP contribution in [0.15, 0.2) is 102 Å². The SMILES string of the molecule is Cn1ncc(-c2ccc3c(c2)ncn3-c2cc(NS(=O)(=O)c3ccccc3)cc(-c3ccc(F)cc3F)c2)n1. The van der Waals surface area contributed by atoms with Crippen LogP contribution in [-0.4, -0.2) is 33.0 Å². The highest BCUT2D eigenvalue weighted by molar-refractivity contribution is 7.92. The van der Waals surface area contributed by atoms with Crippen molar-refractivity contribution in [2.45, 2.75) is 4.90 Å². The Morgan fingerprint density at radius 1 is 0.872 bits per heavy atom. The fraction of sp³-hybridized carbons (Fsp3) is 0.0357. The first kappa shape index (κ1) is 24.4. The minimum Gasteiger partial charge on any atom is -0.299 e. The molecule has 2 heterocycles. The average molecular weight is 543 g/mol. The molecule has 6 rings (SSSR count). The molecular formula is C28H20F2N6O2S. The standard InChI is InChI=1S/C28H20F2N6O2S/c1-35-32-16-27(33-35)18-7-10-28-26(13-18)31-17-36(28)22-12-19(24-9-8-20(29)14-25(24)30)11-21(15-22)34-39(37,38)23-5-3-2-4-6-23/h2-17,34H,1H3. The highest BCUT2D eigenvalue weighted by Gasteiger charge is 2.17. The molecule has 194 valence electrons. The molecule has 0 saturated carbocycles. The van der Waals surface area contributed by atoms with Crippen LogP contribution in [0.25, 0.3) is 39.1 Å². The van der Waals surface area contributed by atoms with Crippen LogP contribution in [0.2, 0.25) is 0 Å². The number of imidazole rings is 1. The van der Waals surface area contributed by atoms with Crippen LogP contribution in [0.1, 0.15) is 0 Å². The number of hydrogen-bond donors (Lipinski definition) is 1. The molecule has 0 aliphatic heterocycles. The van der Waals surface area contributed by atoms with Crippen LogP contribution >= 0.6 is 0 Å². The number of halogens is 2. The lowest BCUT2D eigenvalue weighted by Crippen LogP contribution is -2.13. The van der Waals surface area contributed by atoms with E-state index in [1.807, 2.05) is 18.2 Å². The smallest absolute Gasteiger partial charge is 0.261 e. The van der Waals surface area contributed by atoms with Crippen molar-refractivity contribution in [3.63, 3.8) is 0 Å². The van der Waals surface area contributed by atoms with Crippen molar-refractivity contribution in [2.24, 2.45) is 7.05 Å². The maximum atomic E-state index is 14.8. The molecule has 1 N–H and O–H groups in total. The lowest BCUT2D eigenvalue weighted by atomic mass is 10.0. The van der Waals surface area contributed by atoms with Crippen molar-refractivity contribution < 1.29 is 17.2 Å². The van der Waals surface area contributed by atoms with Gasteiger partial charge in [-0.2, -0.15) is 15.0 Å². The van der Waals surface area contributed by atoms with Gasteiger partial charge in [0.15, 0.2) is 0 Å². The molecule has 0 amide bonds. The van der Waals surface area contributed by atoms with E-state index in [1.54, 1.807) is 54.5 Å². The van der Waals surface area contributed by atoms with Gasteiger partial charge in [-0.05, 0) is 60.2 Å². The topological polar surface area (TPSA) is 94.7 Å². The molecule has 8 nitrogen and oxygen atoms in total. The first-order valence-corrected chi connectivity index (χ1v) is 13.3. The summed E-state index contributed by atoms with van der Waals surface area (Å²) in [4.78, 5) is 6.06. The summed E-state index contributed by atoms with van der Waals surface area (Å²) in [6.45, 7) is 0. The summed E-state index contributed by atoms with van der Waals surface area (Å²) in [5.41, 5.74) is 4.13. The van der Waals surface area contributed by atoms with Gasteiger partial charge in [-0.1, -0.05) is 24.3 Å². The first-order valence-electron chi connectivity index (χ1n) is 11.8. The van der Waals surface area contributed by atoms with E-state index >= 15 is 0 Å². The zero-order valence-electron chi connectivity index (χ0n) is 20.5. The summed E-state index contributed by atoms with van der Waals surface area (Å²) in [6.07, 6.45) is 3.25. The molecule has 6 aromatic rings. The van der Waals surface area contributed by atoms with Gasteiger partial charge in [-0.15, -0.1) is 0 Å². The molecule has 0 spiro atoms. The van der Waals surface area contributed by atoms with E-state index in [1.165, 1.54) is 29.1 Å². The molecule has 0 fully saturated rings. The van der Waals surface area contributed by atoms with Crippen molar-refractivity contribution >= 4 is 26.7 Å². The number of nitrogens with zero attached hydrogens (tertiary/aromatic N) is 5. The quantitative estimate of drug-likeness (QED) is 0.297. The normalized spacial score (nSPS) is 11.7. The van der Waals surface area contributed by atoms with Crippen LogP contribution in [0.5, 0.6) is 0 Å². The molecule has 0 aliphatic rings. The predicted octanol–water partition coefficient (Wildman–Crippen LogP) is 5.57. The molecule has 11 heteroatoms. The van der Waals surface area contributed by atoms with Crippen molar-refractivity contribution in [3.05, 3.63) is 109 Å². The largest absolute Gasteiger partial charge is 0.299 e. The summed E-state index contributed by atoms with van der Waals surface area (Å²) in [5, 5.41) is 8.43. The summed E-state index contributed by atoms with van der Waals surface area (Å²) in [6, 6.07) is 21.6. The number of benzene rings is 4. The monoisotopic (exact) mass is 542 g/mol. The zero-order chi connectivity index (χ0) is 27.1. The Morgan fingerprint density at radius 2 is 1.69 bits per heavy atom. The number of aromatic nitrogens is 5. The van der Waals surface area contributed by atoms with Crippen molar-refractivity contribution in [1.82, 2.24) is 24.5 Å². The first-order chi connectivity index (χ1) is 18.8. The van der Waals surface area contributed by atoms with E-state index < -0.39 is 21.7 Å². The number of fused-ring (bicyclic) bond motifs is 1. The third kappa shape index (κ3) is 4.75. The summed E-state index contributed by atoms with van der Waals surface area (Å²) in [7, 11) is -2.20. The van der Waals surface area contributed by atoms with Gasteiger partial charge < -0.3 is 0 Å². The van der Waals surface area contributed by atoms with Crippen LogP contribution in [0, 0.1) is 11.6 Å². The number of hydrogen-bond acceptors (Lipinski definition) is 5. The van der Waals surface area contributed by atoms with E-state index in [9.17, 15) is 17.2 Å². The van der Waals surface area contributed by atoms with Gasteiger partial charge in [-0.3, -0.25) is 9.29 Å². The fourth-order valence-corrected chi connectivity index (χ4v) is 5.42. The van der Waals surface area contributed by atoms with Crippen LogP contribution < -0.4 is 4.72 Å². The summed E-state index contributed by atoms with van der Waals surface area (Å²) < 4.78 is 58.9. The Morgan fingerprint density at radius 3 is 2.44 bits per heavy atom. The van der Waals surface area contributed by atoms with Gasteiger partial charge in [0.1, 0.15) is 23.7 Å². The maximum Gasteiger partial charge on any atom is 0.261 e. The van der Waals surface area contributed by atoms with Gasteiger partial charge in [0, 0.05) is 29.9 Å². The van der Waals surface area contributed by atoms with Crippen LogP contribution in [-0.2, 0) is 17.1 Å². The van der Waals surface area contributed by atoms with Crippen LogP contribution in [0.4, 0.5) is 14.5 Å². The Bertz CT molecular complexity index is 1950. The molecule has 4 aromatic carbocycles. The number of sulfonamides is 1. The second-order valence-corrected chi connectivity index (χ2v) is 10.5. The predicted molar refractivity (Wildman–Crippen MR) is 144 cm³/mol. The zero-order valence-corrected chi connectivity index (χ0v) is 21.3. The van der Waals surface area contributed by atoms with Crippen molar-refractivity contribution in [2.75, 3.05) is 4.72 Å². The molecule has 39 heavy (non-hydrogen) atoms. The van der Waals surface area contributed by atoms with Gasteiger partial charge in [0.2, 0.25) is 0 Å². The minimum absolute atomic E-state index is 0.0783. The Kier molecular flexibility index (Phi) is 5.92. The van der Waals surface area contributed by atoms with Crippen molar-refractivity contribution in [3.8, 4) is 28.1 Å². The number of nitrogens with one attached hydrogen (secondary N) is 1. The lowest BCUT2D eigenvalue weighted by Gasteiger charge is -2.14. The number of aryl methyl sites for hydroxylation is 1. The van der Waals surface area contributed by atoms with E-state index in [4.69, 9.17) is 0 Å². The highest BCUT2D eigenvalue weighted by atomic mass is 32.2. The van der Waals surface area contributed by atoms with E-state index in [0.29, 0.717) is 22.5 Å². The third-order valence-corrected chi connectivity index (χ3v) is 7.58. The Labute approximate surface area is 222 Å². The second-order valence-electron chi connectivity index (χ2n) is 8.85. The van der Waals surface area contributed by atoms with E-state index in [2.05, 4.69) is 19.9 Å². The van der Waals surface area contributed by atoms with Gasteiger partial charge >= 0.3 is 0 Å². The van der Waals surface area contributed by atoms with E-state index in [-0.39, 0.29) is 16.1 Å². The van der Waals surface area contributed by atoms with Crippen molar-refractivity contribution in [1.29, 1.82) is 0 Å². The molecule has 0 unspecified atom stereocenters. The highest BCUT2D eigenvalue weighted by Crippen LogP contribution is 2.32. The lowest BCUT2D eigenvalue weighted by molar-refractivity contribution is 0.585. The Balaban J connectivity index is 1.48. The third-order valence-electron chi connectivity index (χ3n) is 6.19. The molecular weight excluding hydrogens is 522 g/mol. The molecule has 0 saturated heterocycles. The number of rotatable bonds is 6. The second kappa shape index (κ2) is 9.44. The number of anilines is 1. The molecule has 0 atom stereocenters. The molecule has 0 aliphatic carbocycles. The summed E-state index contributed by atoms with van der Waals surface area (Å²) in [5.74, 6) is -1.48. The fourth-order valence-electron chi connectivity index (χ4n) is 4.36.